The Hall–Kier alpha value is -2.98. The normalized spacial score (nSPS) is 27.7. The van der Waals surface area contributed by atoms with Crippen LogP contribution in [0.4, 0.5) is 9.18 Å². The van der Waals surface area contributed by atoms with Gasteiger partial charge in [-0.2, -0.15) is 0 Å². The molecule has 4 aliphatic rings. The third-order valence-corrected chi connectivity index (χ3v) is 9.69. The number of hydrogen-bond acceptors (Lipinski definition) is 5. The molecule has 6 rings (SSSR count). The number of piperidine rings is 1. The number of rotatable bonds is 7. The average Bonchev–Trinajstić information content (AvgIpc) is 3.42. The summed E-state index contributed by atoms with van der Waals surface area (Å²) in [5.41, 5.74) is 3.56. The Morgan fingerprint density at radius 2 is 2.13 bits per heavy atom. The fourth-order valence-electron chi connectivity index (χ4n) is 8.11. The van der Waals surface area contributed by atoms with Gasteiger partial charge in [0.25, 0.3) is 0 Å². The maximum absolute atomic E-state index is 13.8. The second-order valence-corrected chi connectivity index (χ2v) is 11.6. The number of ether oxygens (including phenoxy) is 1. The number of carbonyl (C=O) groups excluding carboxylic acids is 2. The summed E-state index contributed by atoms with van der Waals surface area (Å²) in [5, 5.41) is 3.02. The standard InChI is InChI=1S/C29H38FN5O3.H2O/c1-18-31-24-17-33(28(37)38-3)13-10-25(24)35(18)22-15-27-29(16-22)11-9-26(29)34(27)12-5-8-23(32-19(2)36)20-6-4-7-21(30)14-20;/h4,6-7,14,22-23,26-27H,5,8-13,15-17H2,1-3H3,(H,32,36);1H2/t22?,23-,26?,27?,29?;/m0./s1. The second kappa shape index (κ2) is 10.5. The molecule has 1 aromatic heterocycles. The molecule has 2 saturated carbocycles. The molecule has 2 amide bonds. The molecule has 2 aromatic rings. The Bertz CT molecular complexity index is 1250. The van der Waals surface area contributed by atoms with Gasteiger partial charge in [-0.05, 0) is 69.7 Å². The molecule has 212 valence electrons. The van der Waals surface area contributed by atoms with Gasteiger partial charge in [-0.1, -0.05) is 12.1 Å². The molecule has 3 fully saturated rings. The lowest BCUT2D eigenvalue weighted by Crippen LogP contribution is -2.74. The van der Waals surface area contributed by atoms with Crippen LogP contribution < -0.4 is 5.32 Å². The van der Waals surface area contributed by atoms with Crippen LogP contribution in [0.25, 0.3) is 0 Å². The molecule has 2 aliphatic heterocycles. The second-order valence-electron chi connectivity index (χ2n) is 11.6. The predicted octanol–water partition coefficient (Wildman–Crippen LogP) is 3.46. The number of halogens is 1. The van der Waals surface area contributed by atoms with Crippen LogP contribution in [0, 0.1) is 18.2 Å². The first kappa shape index (κ1) is 27.6. The van der Waals surface area contributed by atoms with E-state index in [1.165, 1.54) is 51.1 Å². The SMILES string of the molecule is COC(=O)N1CCc2c(nc(C)n2C2CC3N(CCC[C@H](NC(C)=O)c4cccc(F)c4)C4CCC43C2)C1.O. The van der Waals surface area contributed by atoms with E-state index in [2.05, 4.69) is 21.7 Å². The average molecular weight is 542 g/mol. The zero-order valence-electron chi connectivity index (χ0n) is 23.1. The smallest absolute Gasteiger partial charge is 0.409 e. The van der Waals surface area contributed by atoms with Crippen LogP contribution in [-0.2, 0) is 22.5 Å². The largest absolute Gasteiger partial charge is 0.453 e. The number of nitrogens with one attached hydrogen (secondary N) is 1. The Kier molecular flexibility index (Phi) is 7.45. The fourth-order valence-corrected chi connectivity index (χ4v) is 8.11. The van der Waals surface area contributed by atoms with E-state index in [0.29, 0.717) is 36.6 Å². The van der Waals surface area contributed by atoms with Gasteiger partial charge in [-0.15, -0.1) is 0 Å². The Labute approximate surface area is 229 Å². The molecule has 2 aliphatic carbocycles. The number of aryl methyl sites for hydroxylation is 1. The van der Waals surface area contributed by atoms with Crippen LogP contribution in [-0.4, -0.2) is 69.1 Å². The van der Waals surface area contributed by atoms with Crippen molar-refractivity contribution in [1.29, 1.82) is 0 Å². The van der Waals surface area contributed by atoms with E-state index < -0.39 is 0 Å². The molecule has 1 saturated heterocycles. The summed E-state index contributed by atoms with van der Waals surface area (Å²) in [4.78, 5) is 33.2. The number of methoxy groups -OCH3 is 1. The summed E-state index contributed by atoms with van der Waals surface area (Å²) >= 11 is 0. The molecule has 4 unspecified atom stereocenters. The molecule has 3 heterocycles. The number of carbonyl (C=O) groups is 2. The molecule has 1 spiro atoms. The van der Waals surface area contributed by atoms with Crippen LogP contribution in [0.5, 0.6) is 0 Å². The molecule has 1 aromatic carbocycles. The molecule has 0 radical (unpaired) electrons. The van der Waals surface area contributed by atoms with Crippen LogP contribution in [0.3, 0.4) is 0 Å². The third kappa shape index (κ3) is 4.61. The van der Waals surface area contributed by atoms with Gasteiger partial charge in [0.2, 0.25) is 5.91 Å². The van der Waals surface area contributed by atoms with Gasteiger partial charge in [0.15, 0.2) is 0 Å². The number of likely N-dealkylation sites (tertiary alicyclic amines) is 1. The molecule has 0 bridgehead atoms. The predicted molar refractivity (Wildman–Crippen MR) is 144 cm³/mol. The minimum atomic E-state index is -0.285. The minimum absolute atomic E-state index is 0. The highest BCUT2D eigenvalue weighted by molar-refractivity contribution is 5.73. The molecule has 3 N–H and O–H groups in total. The van der Waals surface area contributed by atoms with E-state index >= 15 is 0 Å². The van der Waals surface area contributed by atoms with E-state index in [-0.39, 0.29) is 29.3 Å². The Balaban J connectivity index is 0.00000308. The van der Waals surface area contributed by atoms with E-state index in [1.807, 2.05) is 6.07 Å². The van der Waals surface area contributed by atoms with Crippen molar-refractivity contribution < 1.29 is 24.2 Å². The van der Waals surface area contributed by atoms with Gasteiger partial charge in [0.05, 0.1) is 25.4 Å². The van der Waals surface area contributed by atoms with Gasteiger partial charge < -0.3 is 25.0 Å². The van der Waals surface area contributed by atoms with E-state index in [0.717, 1.165) is 49.3 Å². The highest BCUT2D eigenvalue weighted by Crippen LogP contribution is 2.67. The minimum Gasteiger partial charge on any atom is -0.453 e. The number of hydrogen-bond donors (Lipinski definition) is 1. The van der Waals surface area contributed by atoms with Crippen molar-refractivity contribution in [1.82, 2.24) is 24.7 Å². The number of benzene rings is 1. The lowest BCUT2D eigenvalue weighted by atomic mass is 9.53. The first-order chi connectivity index (χ1) is 18.3. The fraction of sp³-hybridized carbons (Fsp3) is 0.621. The number of fused-ring (bicyclic) bond motifs is 1. The third-order valence-electron chi connectivity index (χ3n) is 9.69. The Morgan fingerprint density at radius 3 is 2.82 bits per heavy atom. The first-order valence-electron chi connectivity index (χ1n) is 14.0. The van der Waals surface area contributed by atoms with Crippen LogP contribution in [0.15, 0.2) is 24.3 Å². The van der Waals surface area contributed by atoms with Crippen molar-refractivity contribution in [3.63, 3.8) is 0 Å². The Morgan fingerprint density at radius 1 is 1.31 bits per heavy atom. The quantitative estimate of drug-likeness (QED) is 0.577. The molecule has 39 heavy (non-hydrogen) atoms. The van der Waals surface area contributed by atoms with Crippen molar-refractivity contribution >= 4 is 12.0 Å². The summed E-state index contributed by atoms with van der Waals surface area (Å²) in [6.45, 7) is 5.81. The van der Waals surface area contributed by atoms with Crippen molar-refractivity contribution in [3.05, 3.63) is 52.9 Å². The number of nitrogens with zero attached hydrogens (tertiary/aromatic N) is 4. The summed E-state index contributed by atoms with van der Waals surface area (Å²) in [7, 11) is 1.43. The zero-order valence-corrected chi connectivity index (χ0v) is 23.1. The van der Waals surface area contributed by atoms with E-state index in [1.54, 1.807) is 11.0 Å². The van der Waals surface area contributed by atoms with Crippen LogP contribution in [0.1, 0.15) is 80.3 Å². The topological polar surface area (TPSA) is 111 Å². The maximum atomic E-state index is 13.8. The van der Waals surface area contributed by atoms with Gasteiger partial charge in [0, 0.05) is 49.1 Å². The zero-order chi connectivity index (χ0) is 26.6. The summed E-state index contributed by atoms with van der Waals surface area (Å²) in [5.74, 6) is 0.695. The lowest BCUT2D eigenvalue weighted by molar-refractivity contribution is -0.188. The van der Waals surface area contributed by atoms with E-state index in [4.69, 9.17) is 9.72 Å². The summed E-state index contributed by atoms with van der Waals surface area (Å²) in [6, 6.07) is 8.10. The number of imidazole rings is 1. The lowest BCUT2D eigenvalue weighted by Gasteiger charge is -2.68. The highest BCUT2D eigenvalue weighted by atomic mass is 19.1. The molecule has 5 atom stereocenters. The van der Waals surface area contributed by atoms with Crippen molar-refractivity contribution in [2.24, 2.45) is 5.41 Å². The molecule has 9 nitrogen and oxygen atoms in total. The van der Waals surface area contributed by atoms with E-state index in [9.17, 15) is 14.0 Å². The monoisotopic (exact) mass is 541 g/mol. The van der Waals surface area contributed by atoms with Crippen LogP contribution >= 0.6 is 0 Å². The van der Waals surface area contributed by atoms with Gasteiger partial charge in [-0.3, -0.25) is 9.69 Å². The van der Waals surface area contributed by atoms with Crippen molar-refractivity contribution in [2.45, 2.75) is 89.5 Å². The number of aromatic nitrogens is 2. The van der Waals surface area contributed by atoms with Gasteiger partial charge in [0.1, 0.15) is 11.6 Å². The van der Waals surface area contributed by atoms with Crippen molar-refractivity contribution in [3.8, 4) is 0 Å². The van der Waals surface area contributed by atoms with Gasteiger partial charge >= 0.3 is 6.09 Å². The van der Waals surface area contributed by atoms with Crippen LogP contribution in [0.2, 0.25) is 0 Å². The first-order valence-corrected chi connectivity index (χ1v) is 14.0. The molecule has 10 heteroatoms. The molecular formula is C29H40FN5O4. The maximum Gasteiger partial charge on any atom is 0.409 e. The van der Waals surface area contributed by atoms with Gasteiger partial charge in [-0.25, -0.2) is 14.2 Å². The number of amides is 2. The molecular weight excluding hydrogens is 501 g/mol. The highest BCUT2D eigenvalue weighted by Gasteiger charge is 2.69. The van der Waals surface area contributed by atoms with Crippen molar-refractivity contribution in [2.75, 3.05) is 20.2 Å². The summed E-state index contributed by atoms with van der Waals surface area (Å²) < 4.78 is 21.3. The summed E-state index contributed by atoms with van der Waals surface area (Å²) in [6.07, 6.45) is 7.19.